The molecule has 0 bridgehead atoms. The number of nitrogens with zero attached hydrogens (tertiary/aromatic N) is 1. The van der Waals surface area contributed by atoms with Crippen LogP contribution in [-0.4, -0.2) is 36.2 Å². The van der Waals surface area contributed by atoms with Crippen LogP contribution in [0.15, 0.2) is 120 Å². The summed E-state index contributed by atoms with van der Waals surface area (Å²) in [5.41, 5.74) is 6.16. The molecule has 2 amide bonds. The third-order valence-electron chi connectivity index (χ3n) is 9.54. The summed E-state index contributed by atoms with van der Waals surface area (Å²) >= 11 is 0. The zero-order chi connectivity index (χ0) is 33.2. The van der Waals surface area contributed by atoms with Crippen LogP contribution in [0.2, 0.25) is 0 Å². The van der Waals surface area contributed by atoms with E-state index in [1.807, 2.05) is 97.9 Å². The molecule has 3 aliphatic rings. The molecule has 0 unspecified atom stereocenters. The summed E-state index contributed by atoms with van der Waals surface area (Å²) in [4.78, 5) is 29.4. The first kappa shape index (κ1) is 31.4. The summed E-state index contributed by atoms with van der Waals surface area (Å²) in [5, 5.41) is 12.9. The minimum atomic E-state index is -0.659. The summed E-state index contributed by atoms with van der Waals surface area (Å²) in [6.07, 6.45) is 3.46. The second kappa shape index (κ2) is 13.5. The molecule has 48 heavy (non-hydrogen) atoms. The van der Waals surface area contributed by atoms with E-state index in [0.29, 0.717) is 43.7 Å². The van der Waals surface area contributed by atoms with Gasteiger partial charge in [-0.3, -0.25) is 14.5 Å². The molecule has 7 rings (SSSR count). The molecular formula is C40H37FN2O5. The van der Waals surface area contributed by atoms with Gasteiger partial charge in [-0.25, -0.2) is 4.39 Å². The summed E-state index contributed by atoms with van der Waals surface area (Å²) < 4.78 is 26.5. The van der Waals surface area contributed by atoms with Crippen molar-refractivity contribution >= 4 is 35.0 Å². The summed E-state index contributed by atoms with van der Waals surface area (Å²) in [7, 11) is 0. The number of rotatable bonds is 10. The summed E-state index contributed by atoms with van der Waals surface area (Å²) in [5.74, 6) is -1.89. The number of phenols is 1. The predicted octanol–water partition coefficient (Wildman–Crippen LogP) is 8.06. The minimum Gasteiger partial charge on any atom is -0.505 e. The molecule has 4 aromatic rings. The molecule has 0 spiro atoms. The maximum absolute atomic E-state index is 14.1. The van der Waals surface area contributed by atoms with E-state index in [1.54, 1.807) is 6.07 Å². The Hall–Kier alpha value is -5.21. The topological polar surface area (TPSA) is 88.1 Å². The fourth-order valence-electron chi connectivity index (χ4n) is 7.26. The van der Waals surface area contributed by atoms with E-state index in [-0.39, 0.29) is 29.6 Å². The highest BCUT2D eigenvalue weighted by Crippen LogP contribution is 2.50. The van der Waals surface area contributed by atoms with Crippen LogP contribution in [0.4, 0.5) is 21.5 Å². The molecule has 0 saturated carbocycles. The Morgan fingerprint density at radius 3 is 2.38 bits per heavy atom. The van der Waals surface area contributed by atoms with E-state index < -0.39 is 17.7 Å². The van der Waals surface area contributed by atoms with Gasteiger partial charge in [0.05, 0.1) is 30.2 Å². The number of para-hydroxylation sites is 2. The second-order valence-corrected chi connectivity index (χ2v) is 12.7. The molecule has 244 valence electrons. The Labute approximate surface area is 279 Å². The number of amides is 2. The van der Waals surface area contributed by atoms with Crippen LogP contribution in [0.3, 0.4) is 0 Å². The maximum atomic E-state index is 14.1. The number of hydrogen-bond donors (Lipinski definition) is 2. The number of benzene rings is 4. The van der Waals surface area contributed by atoms with Gasteiger partial charge in [0.1, 0.15) is 12.4 Å². The van der Waals surface area contributed by atoms with Gasteiger partial charge < -0.3 is 19.9 Å². The van der Waals surface area contributed by atoms with Crippen LogP contribution < -0.4 is 15.0 Å². The molecule has 2 saturated heterocycles. The van der Waals surface area contributed by atoms with Crippen molar-refractivity contribution in [3.05, 3.63) is 131 Å². The molecule has 2 heterocycles. The van der Waals surface area contributed by atoms with Crippen LogP contribution in [0, 0.1) is 23.6 Å². The number of aromatic hydroxyl groups is 1. The number of anilines is 3. The highest BCUT2D eigenvalue weighted by molar-refractivity contribution is 6.22. The third kappa shape index (κ3) is 6.36. The van der Waals surface area contributed by atoms with Crippen LogP contribution >= 0.6 is 0 Å². The van der Waals surface area contributed by atoms with Gasteiger partial charge in [-0.15, -0.1) is 0 Å². The van der Waals surface area contributed by atoms with Crippen LogP contribution in [0.1, 0.15) is 31.7 Å². The van der Waals surface area contributed by atoms with Gasteiger partial charge in [0.2, 0.25) is 11.8 Å². The third-order valence-corrected chi connectivity index (χ3v) is 9.54. The Morgan fingerprint density at radius 2 is 1.65 bits per heavy atom. The number of fused-ring (bicyclic) bond motifs is 3. The van der Waals surface area contributed by atoms with Gasteiger partial charge in [-0.1, -0.05) is 54.1 Å². The minimum absolute atomic E-state index is 0.186. The molecule has 2 N–H and O–H groups in total. The highest BCUT2D eigenvalue weighted by atomic mass is 19.1. The quantitative estimate of drug-likeness (QED) is 0.134. The zero-order valence-electron chi connectivity index (χ0n) is 26.6. The molecule has 7 nitrogen and oxygen atoms in total. The largest absolute Gasteiger partial charge is 0.505 e. The lowest BCUT2D eigenvalue weighted by Crippen LogP contribution is -2.35. The molecule has 2 fully saturated rings. The predicted molar refractivity (Wildman–Crippen MR) is 183 cm³/mol. The summed E-state index contributed by atoms with van der Waals surface area (Å²) in [6, 6.07) is 31.1. The molecule has 4 atom stereocenters. The van der Waals surface area contributed by atoms with Gasteiger partial charge in [0.25, 0.3) is 0 Å². The lowest BCUT2D eigenvalue weighted by Gasteiger charge is -2.31. The van der Waals surface area contributed by atoms with Gasteiger partial charge in [-0.05, 0) is 104 Å². The molecule has 8 heteroatoms. The maximum Gasteiger partial charge on any atom is 0.238 e. The number of halogens is 1. The van der Waals surface area contributed by atoms with E-state index >= 15 is 0 Å². The number of carbonyl (C=O) groups is 2. The summed E-state index contributed by atoms with van der Waals surface area (Å²) in [6.45, 7) is 2.65. The molecule has 0 radical (unpaired) electrons. The molecular weight excluding hydrogens is 607 g/mol. The Bertz CT molecular complexity index is 1870. The SMILES string of the molecule is C/C(=C\c1ccc(O)c(F)c1)CC[C@H]1OC[C@H]2C1=C(COc1ccccc1)C[C@H]1C(=O)N(c3ccc(Nc4ccccc4)cc3)C(=O)[C@H]12. The monoisotopic (exact) mass is 644 g/mol. The van der Waals surface area contributed by atoms with Crippen LogP contribution in [0.5, 0.6) is 11.5 Å². The van der Waals surface area contributed by atoms with Crippen molar-refractivity contribution in [1.29, 1.82) is 0 Å². The first-order valence-corrected chi connectivity index (χ1v) is 16.3. The molecule has 1 aliphatic carbocycles. The van der Waals surface area contributed by atoms with Crippen molar-refractivity contribution in [2.75, 3.05) is 23.4 Å². The van der Waals surface area contributed by atoms with Crippen LogP contribution in [0.25, 0.3) is 6.08 Å². The van der Waals surface area contributed by atoms with Crippen molar-refractivity contribution in [3.8, 4) is 11.5 Å². The van der Waals surface area contributed by atoms with Crippen molar-refractivity contribution in [1.82, 2.24) is 0 Å². The van der Waals surface area contributed by atoms with Crippen molar-refractivity contribution in [2.24, 2.45) is 17.8 Å². The highest BCUT2D eigenvalue weighted by Gasteiger charge is 2.57. The van der Waals surface area contributed by atoms with Gasteiger partial charge in [-0.2, -0.15) is 0 Å². The average molecular weight is 645 g/mol. The number of carbonyl (C=O) groups excluding carboxylic acids is 2. The Balaban J connectivity index is 1.12. The van der Waals surface area contributed by atoms with Gasteiger partial charge >= 0.3 is 0 Å². The number of imide groups is 1. The first-order chi connectivity index (χ1) is 23.4. The molecule has 0 aromatic heterocycles. The molecule has 4 aromatic carbocycles. The number of allylic oxidation sites excluding steroid dienone is 1. The van der Waals surface area contributed by atoms with E-state index in [4.69, 9.17) is 9.47 Å². The zero-order valence-corrected chi connectivity index (χ0v) is 26.6. The Kier molecular flexibility index (Phi) is 8.82. The fourth-order valence-corrected chi connectivity index (χ4v) is 7.26. The van der Waals surface area contributed by atoms with E-state index in [2.05, 4.69) is 5.32 Å². The second-order valence-electron chi connectivity index (χ2n) is 12.7. The first-order valence-electron chi connectivity index (χ1n) is 16.3. The number of ether oxygens (including phenoxy) is 2. The van der Waals surface area contributed by atoms with Gasteiger partial charge in [0.15, 0.2) is 11.6 Å². The van der Waals surface area contributed by atoms with Crippen LogP contribution in [-0.2, 0) is 14.3 Å². The van der Waals surface area contributed by atoms with Crippen molar-refractivity contribution in [2.45, 2.75) is 32.3 Å². The molecule has 2 aliphatic heterocycles. The number of phenolic OH excluding ortho intramolecular Hbond substituents is 1. The fraction of sp³-hybridized carbons (Fsp3) is 0.250. The van der Waals surface area contributed by atoms with E-state index in [1.165, 1.54) is 17.0 Å². The Morgan fingerprint density at radius 1 is 0.938 bits per heavy atom. The van der Waals surface area contributed by atoms with Gasteiger partial charge in [0, 0.05) is 17.3 Å². The van der Waals surface area contributed by atoms with Crippen molar-refractivity contribution in [3.63, 3.8) is 0 Å². The normalized spacial score (nSPS) is 22.1. The average Bonchev–Trinajstić information content (AvgIpc) is 3.63. The van der Waals surface area contributed by atoms with Crippen molar-refractivity contribution < 1.29 is 28.6 Å². The van der Waals surface area contributed by atoms with E-state index in [0.717, 1.165) is 33.8 Å². The lowest BCUT2D eigenvalue weighted by molar-refractivity contribution is -0.122. The number of nitrogens with one attached hydrogen (secondary N) is 1. The smallest absolute Gasteiger partial charge is 0.238 e. The number of hydrogen-bond acceptors (Lipinski definition) is 6. The standard InChI is InChI=1S/C40H37FN2O5/c1-25(20-26-13-18-35(44)34(41)21-26)12-19-36-37-27(23-47-31-10-6-3-7-11-31)22-32-38(33(37)24-48-36)40(46)43(39(32)45)30-16-14-29(15-17-30)42-28-8-4-2-5-9-28/h2-11,13-18,20-21,32-33,36,38,42,44H,12,19,22-24H2,1H3/b25-20+/t32-,33+,36-,38-/m1/s1. The lowest BCUT2D eigenvalue weighted by atomic mass is 9.69. The van der Waals surface area contributed by atoms with E-state index in [9.17, 15) is 19.1 Å².